The quantitative estimate of drug-likeness (QED) is 0.694. The Balaban J connectivity index is 1.91. The van der Waals surface area contributed by atoms with Crippen molar-refractivity contribution in [2.24, 2.45) is 0 Å². The molecule has 0 aliphatic carbocycles. The van der Waals surface area contributed by atoms with Crippen LogP contribution in [0, 0.1) is 6.92 Å². The van der Waals surface area contributed by atoms with Gasteiger partial charge < -0.3 is 20.5 Å². The lowest BCUT2D eigenvalue weighted by Gasteiger charge is -2.12. The molecule has 2 rings (SSSR count). The molecule has 0 bridgehead atoms. The fraction of sp³-hybridized carbons (Fsp3) is 0.667. The van der Waals surface area contributed by atoms with E-state index >= 15 is 0 Å². The van der Waals surface area contributed by atoms with Gasteiger partial charge in [-0.2, -0.15) is 0 Å². The second kappa shape index (κ2) is 6.51. The third-order valence-corrected chi connectivity index (χ3v) is 2.79. The predicted molar refractivity (Wildman–Crippen MR) is 69.8 cm³/mol. The van der Waals surface area contributed by atoms with Crippen LogP contribution < -0.4 is 10.6 Å². The highest BCUT2D eigenvalue weighted by molar-refractivity contribution is 5.47. The van der Waals surface area contributed by atoms with Crippen molar-refractivity contribution in [1.82, 2.24) is 9.97 Å². The summed E-state index contributed by atoms with van der Waals surface area (Å²) in [5.41, 5.74) is 0. The standard InChI is InChI=1S/C12H20N4O2/c1-9-15-11(13-4-5-17)7-12(16-9)14-8-10-3-2-6-18-10/h7,10,17H,2-6,8H2,1H3,(H2,13,14,15,16). The van der Waals surface area contributed by atoms with Gasteiger partial charge in [-0.1, -0.05) is 0 Å². The van der Waals surface area contributed by atoms with Gasteiger partial charge in [-0.15, -0.1) is 0 Å². The van der Waals surface area contributed by atoms with Crippen LogP contribution >= 0.6 is 0 Å². The topological polar surface area (TPSA) is 79.3 Å². The molecular weight excluding hydrogens is 232 g/mol. The first-order valence-electron chi connectivity index (χ1n) is 6.34. The number of nitrogens with zero attached hydrogens (tertiary/aromatic N) is 2. The van der Waals surface area contributed by atoms with Crippen molar-refractivity contribution in [1.29, 1.82) is 0 Å². The van der Waals surface area contributed by atoms with Crippen molar-refractivity contribution in [3.8, 4) is 0 Å². The van der Waals surface area contributed by atoms with Gasteiger partial charge in [0.2, 0.25) is 0 Å². The third kappa shape index (κ3) is 3.82. The Labute approximate surface area is 107 Å². The summed E-state index contributed by atoms with van der Waals surface area (Å²) < 4.78 is 5.55. The van der Waals surface area contributed by atoms with Crippen LogP contribution in [0.2, 0.25) is 0 Å². The van der Waals surface area contributed by atoms with Gasteiger partial charge in [0, 0.05) is 25.8 Å². The molecule has 18 heavy (non-hydrogen) atoms. The van der Waals surface area contributed by atoms with Gasteiger partial charge in [0.05, 0.1) is 12.7 Å². The maximum atomic E-state index is 8.78. The second-order valence-corrected chi connectivity index (χ2v) is 4.35. The number of rotatable bonds is 6. The first-order chi connectivity index (χ1) is 8.78. The molecule has 0 aromatic carbocycles. The Morgan fingerprint density at radius 2 is 2.17 bits per heavy atom. The number of aromatic nitrogens is 2. The lowest BCUT2D eigenvalue weighted by atomic mass is 10.2. The second-order valence-electron chi connectivity index (χ2n) is 4.35. The van der Waals surface area contributed by atoms with Gasteiger partial charge in [0.1, 0.15) is 17.5 Å². The lowest BCUT2D eigenvalue weighted by Crippen LogP contribution is -2.19. The third-order valence-electron chi connectivity index (χ3n) is 2.79. The fourth-order valence-electron chi connectivity index (χ4n) is 1.96. The SMILES string of the molecule is Cc1nc(NCCO)cc(NCC2CCCO2)n1. The molecule has 1 aromatic heterocycles. The van der Waals surface area contributed by atoms with E-state index in [2.05, 4.69) is 20.6 Å². The molecule has 2 heterocycles. The zero-order valence-electron chi connectivity index (χ0n) is 10.6. The van der Waals surface area contributed by atoms with Crippen LogP contribution in [0.15, 0.2) is 6.07 Å². The molecule has 1 unspecified atom stereocenters. The Morgan fingerprint density at radius 3 is 2.83 bits per heavy atom. The highest BCUT2D eigenvalue weighted by Crippen LogP contribution is 2.14. The van der Waals surface area contributed by atoms with E-state index in [-0.39, 0.29) is 12.7 Å². The highest BCUT2D eigenvalue weighted by atomic mass is 16.5. The smallest absolute Gasteiger partial charge is 0.131 e. The average molecular weight is 252 g/mol. The maximum Gasteiger partial charge on any atom is 0.131 e. The minimum Gasteiger partial charge on any atom is -0.395 e. The van der Waals surface area contributed by atoms with E-state index in [0.717, 1.165) is 37.6 Å². The molecule has 100 valence electrons. The van der Waals surface area contributed by atoms with Crippen LogP contribution in [0.25, 0.3) is 0 Å². The Hall–Kier alpha value is -1.40. The van der Waals surface area contributed by atoms with Crippen molar-refractivity contribution < 1.29 is 9.84 Å². The van der Waals surface area contributed by atoms with Gasteiger partial charge in [-0.25, -0.2) is 9.97 Å². The van der Waals surface area contributed by atoms with Crippen LogP contribution in [-0.2, 0) is 4.74 Å². The molecule has 0 saturated carbocycles. The maximum absolute atomic E-state index is 8.78. The van der Waals surface area contributed by atoms with Crippen LogP contribution in [0.3, 0.4) is 0 Å². The van der Waals surface area contributed by atoms with E-state index in [0.29, 0.717) is 12.4 Å². The van der Waals surface area contributed by atoms with E-state index in [1.54, 1.807) is 0 Å². The Bertz CT molecular complexity index is 380. The molecule has 6 heteroatoms. The molecule has 1 saturated heterocycles. The molecule has 1 aromatic rings. The van der Waals surface area contributed by atoms with E-state index in [9.17, 15) is 0 Å². The highest BCUT2D eigenvalue weighted by Gasteiger charge is 2.15. The summed E-state index contributed by atoms with van der Waals surface area (Å²) in [6.07, 6.45) is 2.53. The summed E-state index contributed by atoms with van der Waals surface area (Å²) in [6.45, 7) is 4.05. The van der Waals surface area contributed by atoms with Crippen molar-refractivity contribution >= 4 is 11.6 Å². The van der Waals surface area contributed by atoms with Gasteiger partial charge in [-0.05, 0) is 19.8 Å². The minimum atomic E-state index is 0.0850. The summed E-state index contributed by atoms with van der Waals surface area (Å²) in [5, 5.41) is 15.1. The number of hydrogen-bond acceptors (Lipinski definition) is 6. The monoisotopic (exact) mass is 252 g/mol. The van der Waals surface area contributed by atoms with Crippen LogP contribution in [-0.4, -0.2) is 47.5 Å². The van der Waals surface area contributed by atoms with E-state index < -0.39 is 0 Å². The summed E-state index contributed by atoms with van der Waals surface area (Å²) in [6, 6.07) is 1.84. The number of aryl methyl sites for hydroxylation is 1. The van der Waals surface area contributed by atoms with Crippen LogP contribution in [0.4, 0.5) is 11.6 Å². The summed E-state index contributed by atoms with van der Waals surface area (Å²) in [5.74, 6) is 2.22. The number of aliphatic hydroxyl groups excluding tert-OH is 1. The van der Waals surface area contributed by atoms with Crippen molar-refractivity contribution in [3.63, 3.8) is 0 Å². The largest absolute Gasteiger partial charge is 0.395 e. The normalized spacial score (nSPS) is 18.9. The molecule has 0 spiro atoms. The van der Waals surface area contributed by atoms with Gasteiger partial charge >= 0.3 is 0 Å². The van der Waals surface area contributed by atoms with E-state index in [1.165, 1.54) is 0 Å². The van der Waals surface area contributed by atoms with Crippen molar-refractivity contribution in [3.05, 3.63) is 11.9 Å². The summed E-state index contributed by atoms with van der Waals surface area (Å²) >= 11 is 0. The van der Waals surface area contributed by atoms with Gasteiger partial charge in [0.15, 0.2) is 0 Å². The fourth-order valence-corrected chi connectivity index (χ4v) is 1.96. The molecule has 3 N–H and O–H groups in total. The Morgan fingerprint density at radius 1 is 1.39 bits per heavy atom. The number of hydrogen-bond donors (Lipinski definition) is 3. The number of nitrogens with one attached hydrogen (secondary N) is 2. The molecule has 0 amide bonds. The number of anilines is 2. The molecule has 1 aliphatic rings. The first kappa shape index (κ1) is 13.0. The van der Waals surface area contributed by atoms with Crippen molar-refractivity contribution in [2.75, 3.05) is 36.9 Å². The van der Waals surface area contributed by atoms with Gasteiger partial charge in [0.25, 0.3) is 0 Å². The molecule has 0 radical (unpaired) electrons. The predicted octanol–water partition coefficient (Wildman–Crippen LogP) is 0.780. The lowest BCUT2D eigenvalue weighted by molar-refractivity contribution is 0.120. The van der Waals surface area contributed by atoms with E-state index in [4.69, 9.17) is 9.84 Å². The van der Waals surface area contributed by atoms with Crippen LogP contribution in [0.5, 0.6) is 0 Å². The minimum absolute atomic E-state index is 0.0850. The van der Waals surface area contributed by atoms with E-state index in [1.807, 2.05) is 13.0 Å². The number of ether oxygens (including phenoxy) is 1. The zero-order valence-corrected chi connectivity index (χ0v) is 10.6. The summed E-state index contributed by atoms with van der Waals surface area (Å²) in [4.78, 5) is 8.57. The molecule has 1 aliphatic heterocycles. The molecule has 1 atom stereocenters. The van der Waals surface area contributed by atoms with Crippen molar-refractivity contribution in [2.45, 2.75) is 25.9 Å². The van der Waals surface area contributed by atoms with Crippen LogP contribution in [0.1, 0.15) is 18.7 Å². The zero-order chi connectivity index (χ0) is 12.8. The summed E-state index contributed by atoms with van der Waals surface area (Å²) in [7, 11) is 0. The average Bonchev–Trinajstić information content (AvgIpc) is 2.86. The first-order valence-corrected chi connectivity index (χ1v) is 6.34. The van der Waals surface area contributed by atoms with Gasteiger partial charge in [-0.3, -0.25) is 0 Å². The molecule has 6 nitrogen and oxygen atoms in total. The Kier molecular flexibility index (Phi) is 4.72. The number of aliphatic hydroxyl groups is 1. The molecular formula is C12H20N4O2. The molecule has 1 fully saturated rings.